The number of carbonyl (C=O) groups is 2. The summed E-state index contributed by atoms with van der Waals surface area (Å²) >= 11 is 0. The Kier molecular flexibility index (Phi) is 76.8. The molecule has 2 unspecified atom stereocenters. The maximum atomic E-state index is 12.5. The first kappa shape index (κ1) is 87.1. The fourth-order valence-corrected chi connectivity index (χ4v) is 12.9. The van der Waals surface area contributed by atoms with Gasteiger partial charge in [0.1, 0.15) is 0 Å². The number of carbonyl (C=O) groups excluding carboxylic acids is 2. The van der Waals surface area contributed by atoms with Crippen molar-refractivity contribution in [2.75, 3.05) is 13.2 Å². The minimum Gasteiger partial charge on any atom is -0.466 e. The van der Waals surface area contributed by atoms with Gasteiger partial charge in [0.25, 0.3) is 0 Å². The van der Waals surface area contributed by atoms with E-state index >= 15 is 0 Å². The van der Waals surface area contributed by atoms with Crippen LogP contribution in [0.25, 0.3) is 0 Å². The number of amides is 1. The van der Waals surface area contributed by atoms with Crippen LogP contribution in [0, 0.1) is 0 Å². The largest absolute Gasteiger partial charge is 0.466 e. The topological polar surface area (TPSA) is 95.9 Å². The summed E-state index contributed by atoms with van der Waals surface area (Å²) in [5, 5.41) is 23.3. The summed E-state index contributed by atoms with van der Waals surface area (Å²) in [4.78, 5) is 24.6. The number of esters is 1. The van der Waals surface area contributed by atoms with Crippen LogP contribution in [0.4, 0.5) is 0 Å². The normalized spacial score (nSPS) is 12.6. The molecule has 0 aromatic heterocycles. The molecular formula is C83H159NO5. The van der Waals surface area contributed by atoms with Gasteiger partial charge < -0.3 is 20.3 Å². The van der Waals surface area contributed by atoms with Gasteiger partial charge >= 0.3 is 5.97 Å². The molecule has 0 aromatic rings. The van der Waals surface area contributed by atoms with Crippen LogP contribution in [-0.4, -0.2) is 47.4 Å². The van der Waals surface area contributed by atoms with E-state index in [-0.39, 0.29) is 18.5 Å². The highest BCUT2D eigenvalue weighted by molar-refractivity contribution is 5.76. The Morgan fingerprint density at radius 2 is 0.528 bits per heavy atom. The fourth-order valence-electron chi connectivity index (χ4n) is 12.9. The van der Waals surface area contributed by atoms with Crippen molar-refractivity contribution < 1.29 is 24.5 Å². The van der Waals surface area contributed by atoms with Crippen LogP contribution >= 0.6 is 0 Å². The highest BCUT2D eigenvalue weighted by Crippen LogP contribution is 2.20. The molecule has 0 radical (unpaired) electrons. The maximum absolute atomic E-state index is 12.5. The van der Waals surface area contributed by atoms with E-state index < -0.39 is 12.1 Å². The van der Waals surface area contributed by atoms with E-state index in [4.69, 9.17) is 4.74 Å². The summed E-state index contributed by atoms with van der Waals surface area (Å²) in [6.45, 7) is 4.93. The van der Waals surface area contributed by atoms with Crippen LogP contribution in [0.15, 0.2) is 36.5 Å². The van der Waals surface area contributed by atoms with Crippen molar-refractivity contribution in [3.05, 3.63) is 36.5 Å². The van der Waals surface area contributed by atoms with Crippen molar-refractivity contribution in [3.8, 4) is 0 Å². The number of nitrogens with one attached hydrogen (secondary N) is 1. The van der Waals surface area contributed by atoms with Gasteiger partial charge in [-0.15, -0.1) is 0 Å². The van der Waals surface area contributed by atoms with Gasteiger partial charge in [-0.1, -0.05) is 397 Å². The molecule has 6 nitrogen and oxygen atoms in total. The second kappa shape index (κ2) is 78.5. The molecule has 0 aromatic carbocycles. The molecule has 2 atom stereocenters. The Labute approximate surface area is 557 Å². The molecular weight excluding hydrogens is 1090 g/mol. The zero-order chi connectivity index (χ0) is 64.2. The summed E-state index contributed by atoms with van der Waals surface area (Å²) in [6, 6.07) is -0.626. The Morgan fingerprint density at radius 3 is 0.820 bits per heavy atom. The van der Waals surface area contributed by atoms with Crippen LogP contribution < -0.4 is 5.32 Å². The average molecular weight is 1250 g/mol. The minimum absolute atomic E-state index is 0.0127. The first-order chi connectivity index (χ1) is 44.0. The Hall–Kier alpha value is -1.92. The van der Waals surface area contributed by atoms with E-state index in [0.29, 0.717) is 19.4 Å². The van der Waals surface area contributed by atoms with Gasteiger partial charge in [-0.3, -0.25) is 9.59 Å². The van der Waals surface area contributed by atoms with Gasteiger partial charge in [-0.2, -0.15) is 0 Å². The van der Waals surface area contributed by atoms with Crippen LogP contribution in [0.2, 0.25) is 0 Å². The lowest BCUT2D eigenvalue weighted by Gasteiger charge is -2.20. The highest BCUT2D eigenvalue weighted by atomic mass is 16.5. The van der Waals surface area contributed by atoms with Gasteiger partial charge in [-0.05, 0) is 83.5 Å². The molecule has 6 heteroatoms. The predicted octanol–water partition coefficient (Wildman–Crippen LogP) is 27.0. The van der Waals surface area contributed by atoms with Crippen LogP contribution in [0.5, 0.6) is 0 Å². The van der Waals surface area contributed by atoms with Gasteiger partial charge in [0.15, 0.2) is 0 Å². The van der Waals surface area contributed by atoms with E-state index in [1.54, 1.807) is 6.08 Å². The van der Waals surface area contributed by atoms with Crippen molar-refractivity contribution in [3.63, 3.8) is 0 Å². The molecule has 3 N–H and O–H groups in total. The summed E-state index contributed by atoms with van der Waals surface area (Å²) in [5.74, 6) is -0.0462. The maximum Gasteiger partial charge on any atom is 0.305 e. The van der Waals surface area contributed by atoms with Crippen molar-refractivity contribution in [2.24, 2.45) is 0 Å². The summed E-state index contributed by atoms with van der Waals surface area (Å²) in [6.07, 6.45) is 103. The average Bonchev–Trinajstić information content (AvgIpc) is 3.65. The van der Waals surface area contributed by atoms with E-state index in [2.05, 4.69) is 43.5 Å². The molecule has 1 amide bonds. The van der Waals surface area contributed by atoms with Gasteiger partial charge in [-0.25, -0.2) is 0 Å². The second-order valence-corrected chi connectivity index (χ2v) is 28.1. The van der Waals surface area contributed by atoms with Gasteiger partial charge in [0.05, 0.1) is 25.4 Å². The molecule has 0 bridgehead atoms. The van der Waals surface area contributed by atoms with E-state index in [1.807, 2.05) is 6.08 Å². The Bertz CT molecular complexity index is 1440. The summed E-state index contributed by atoms with van der Waals surface area (Å²) in [7, 11) is 0. The SMILES string of the molecule is CCCCC/C=C\CCCCCCCC(=O)OCCCCCCCCCCCCCCCCCCCC/C=C\CCCCCCCCCCCCCCCCCCCC(=O)NC(CO)C(O)/C=C/CCCCCCCCCCCCCCCCCCCCC. The minimum atomic E-state index is -0.843. The molecule has 0 spiro atoms. The molecule has 0 aliphatic heterocycles. The van der Waals surface area contributed by atoms with Crippen LogP contribution in [0.3, 0.4) is 0 Å². The zero-order valence-corrected chi connectivity index (χ0v) is 60.4. The van der Waals surface area contributed by atoms with Crippen LogP contribution in [0.1, 0.15) is 457 Å². The second-order valence-electron chi connectivity index (χ2n) is 28.1. The number of aliphatic hydroxyl groups is 2. The number of rotatable bonds is 77. The molecule has 0 fully saturated rings. The van der Waals surface area contributed by atoms with Crippen LogP contribution in [-0.2, 0) is 14.3 Å². The number of ether oxygens (including phenoxy) is 1. The quantitative estimate of drug-likeness (QED) is 0.0320. The molecule has 89 heavy (non-hydrogen) atoms. The zero-order valence-electron chi connectivity index (χ0n) is 60.4. The van der Waals surface area contributed by atoms with Gasteiger partial charge in [0, 0.05) is 12.8 Å². The van der Waals surface area contributed by atoms with Crippen molar-refractivity contribution in [1.82, 2.24) is 5.32 Å². The molecule has 0 heterocycles. The van der Waals surface area contributed by atoms with E-state index in [1.165, 1.54) is 385 Å². The number of hydrogen-bond donors (Lipinski definition) is 3. The summed E-state index contributed by atoms with van der Waals surface area (Å²) in [5.41, 5.74) is 0. The third kappa shape index (κ3) is 75.0. The molecule has 0 saturated carbocycles. The first-order valence-electron chi connectivity index (χ1n) is 40.8. The van der Waals surface area contributed by atoms with Crippen molar-refractivity contribution in [2.45, 2.75) is 469 Å². The first-order valence-corrected chi connectivity index (χ1v) is 40.8. The Morgan fingerprint density at radius 1 is 0.303 bits per heavy atom. The molecule has 0 aliphatic rings. The Balaban J connectivity index is 3.35. The lowest BCUT2D eigenvalue weighted by molar-refractivity contribution is -0.143. The fraction of sp³-hybridized carbons (Fsp3) is 0.904. The molecule has 0 aliphatic carbocycles. The third-order valence-corrected chi connectivity index (χ3v) is 19.1. The number of hydrogen-bond acceptors (Lipinski definition) is 5. The lowest BCUT2D eigenvalue weighted by atomic mass is 10.0. The third-order valence-electron chi connectivity index (χ3n) is 19.1. The molecule has 526 valence electrons. The number of aliphatic hydroxyl groups excluding tert-OH is 2. The number of unbranched alkanes of at least 4 members (excludes halogenated alkanes) is 62. The van der Waals surface area contributed by atoms with E-state index in [0.717, 1.165) is 44.9 Å². The van der Waals surface area contributed by atoms with E-state index in [9.17, 15) is 19.8 Å². The molecule has 0 rings (SSSR count). The van der Waals surface area contributed by atoms with Gasteiger partial charge in [0.2, 0.25) is 5.91 Å². The van der Waals surface area contributed by atoms with Crippen molar-refractivity contribution >= 4 is 11.9 Å². The smallest absolute Gasteiger partial charge is 0.305 e. The standard InChI is InChI=1S/C83H159NO5/c1-3-5-7-9-11-13-15-17-18-19-20-40-43-46-49-52-55-59-63-67-71-75-81(86)80(79-85)84-82(87)76-72-68-64-60-56-53-50-47-44-41-38-36-34-32-30-28-26-24-22-21-23-25-27-29-31-33-35-37-39-42-45-48-51-54-58-62-66-70-74-78-89-83(88)77-73-69-65-61-57-16-14-12-10-8-6-4-2/h12,14,21-22,71,75,80-81,85-86H,3-11,13,15-20,23-70,72-74,76-79H2,1-2H3,(H,84,87)/b14-12-,22-21-,75-71+. The highest BCUT2D eigenvalue weighted by Gasteiger charge is 2.18. The molecule has 0 saturated heterocycles. The number of allylic oxidation sites excluding steroid dienone is 5. The summed E-state index contributed by atoms with van der Waals surface area (Å²) < 4.78 is 5.48. The van der Waals surface area contributed by atoms with Crippen molar-refractivity contribution in [1.29, 1.82) is 0 Å². The monoisotopic (exact) mass is 1250 g/mol. The predicted molar refractivity (Wildman–Crippen MR) is 393 cm³/mol. The lowest BCUT2D eigenvalue weighted by Crippen LogP contribution is -2.45.